The van der Waals surface area contributed by atoms with Crippen LogP contribution in [-0.2, 0) is 6.42 Å². The monoisotopic (exact) mass is 497 g/mol. The van der Waals surface area contributed by atoms with Crippen LogP contribution in [0.3, 0.4) is 0 Å². The van der Waals surface area contributed by atoms with E-state index >= 15 is 0 Å². The summed E-state index contributed by atoms with van der Waals surface area (Å²) < 4.78 is 11.0. The first-order valence-corrected chi connectivity index (χ1v) is 13.5. The van der Waals surface area contributed by atoms with E-state index in [4.69, 9.17) is 9.47 Å². The topological polar surface area (TPSA) is 58.1 Å². The molecular formula is C30H40LiN3O3. The van der Waals surface area contributed by atoms with Gasteiger partial charge in [0.25, 0.3) is 0 Å². The Morgan fingerprint density at radius 3 is 2.19 bits per heavy atom. The van der Waals surface area contributed by atoms with Gasteiger partial charge in [0.05, 0.1) is 19.9 Å². The molecule has 1 aliphatic heterocycles. The minimum absolute atomic E-state index is 0.683. The Bertz CT molecular complexity index is 1070. The number of hydrogen-bond acceptors (Lipinski definition) is 6. The third kappa shape index (κ3) is 8.25. The van der Waals surface area contributed by atoms with Crippen molar-refractivity contribution in [1.29, 1.82) is 0 Å². The molecule has 1 fully saturated rings. The molecule has 1 saturated heterocycles. The van der Waals surface area contributed by atoms with Gasteiger partial charge in [-0.25, -0.2) is 0 Å². The summed E-state index contributed by atoms with van der Waals surface area (Å²) in [6.07, 6.45) is 4.55. The summed E-state index contributed by atoms with van der Waals surface area (Å²) in [5, 5.41) is 12.4. The van der Waals surface area contributed by atoms with E-state index in [1.54, 1.807) is 20.4 Å². The van der Waals surface area contributed by atoms with E-state index < -0.39 is 6.10 Å². The molecule has 6 nitrogen and oxygen atoms in total. The van der Waals surface area contributed by atoms with Crippen LogP contribution < -0.4 is 14.4 Å². The molecule has 2 aromatic carbocycles. The van der Waals surface area contributed by atoms with Gasteiger partial charge < -0.3 is 19.5 Å². The zero-order valence-electron chi connectivity index (χ0n) is 22.9. The quantitative estimate of drug-likeness (QED) is 0.402. The van der Waals surface area contributed by atoms with E-state index in [0.717, 1.165) is 67.4 Å². The normalized spacial score (nSPS) is 14.5. The van der Waals surface area contributed by atoms with Crippen LogP contribution >= 0.6 is 0 Å². The van der Waals surface area contributed by atoms with Crippen molar-refractivity contribution >= 4 is 23.4 Å². The molecule has 2 heterocycles. The van der Waals surface area contributed by atoms with E-state index in [1.807, 2.05) is 48.5 Å². The van der Waals surface area contributed by atoms with Crippen molar-refractivity contribution < 1.29 is 14.6 Å². The molecule has 0 saturated carbocycles. The van der Waals surface area contributed by atoms with Gasteiger partial charge in [0.1, 0.15) is 17.6 Å². The van der Waals surface area contributed by atoms with Crippen LogP contribution in [0.5, 0.6) is 11.5 Å². The summed E-state index contributed by atoms with van der Waals surface area (Å²) in [7, 11) is 3.35. The molecule has 1 atom stereocenters. The van der Waals surface area contributed by atoms with Crippen LogP contribution in [0.15, 0.2) is 66.9 Å². The second kappa shape index (κ2) is 15.7. The number of aliphatic hydroxyl groups is 1. The number of anilines is 1. The molecule has 194 valence electrons. The Hall–Kier alpha value is -2.49. The van der Waals surface area contributed by atoms with Gasteiger partial charge in [0, 0.05) is 62.2 Å². The number of rotatable bonds is 10. The van der Waals surface area contributed by atoms with Gasteiger partial charge in [-0.1, -0.05) is 36.4 Å². The van der Waals surface area contributed by atoms with Crippen molar-refractivity contribution in [3.05, 3.63) is 83.7 Å². The zero-order valence-corrected chi connectivity index (χ0v) is 22.9. The molecule has 3 aromatic rings. The van der Waals surface area contributed by atoms with Gasteiger partial charge >= 0.3 is 42.6 Å². The maximum absolute atomic E-state index is 11.1. The van der Waals surface area contributed by atoms with E-state index in [1.165, 1.54) is 17.9 Å². The number of aliphatic hydroxyl groups excluding tert-OH is 1. The van der Waals surface area contributed by atoms with Crippen LogP contribution in [0.2, 0.25) is 5.09 Å². The molecule has 4 rings (SSSR count). The third-order valence-corrected chi connectivity index (χ3v) is 6.82. The number of methoxy groups -OCH3 is 2. The standard InChI is InChI=1S/C26H31N3O3.C4H9.Li/c1-31-24-11-5-3-8-21(24)26(30)20-9-7-14-27-22(20)13-15-28-16-18-29(19-17-28)23-10-4-6-12-25(23)32-2;1-3-4-2;/h3-12,14,26,30H,13,15-19H2,1-2H3;1,3-4H2,2H3;. The molecule has 37 heavy (non-hydrogen) atoms. The Morgan fingerprint density at radius 2 is 1.54 bits per heavy atom. The SMILES string of the molecule is COc1ccccc1C(O)c1cccnc1CCN1CCN(c2ccccc2OC)CC1.[Li][CH2]CCC. The van der Waals surface area contributed by atoms with Crippen LogP contribution in [0.4, 0.5) is 5.69 Å². The zero-order chi connectivity index (χ0) is 26.5. The molecule has 1 N–H and O–H groups in total. The van der Waals surface area contributed by atoms with Crippen molar-refractivity contribution in [2.75, 3.05) is 51.8 Å². The fourth-order valence-electron chi connectivity index (χ4n) is 4.69. The van der Waals surface area contributed by atoms with Crippen molar-refractivity contribution in [2.45, 2.75) is 37.4 Å². The molecule has 1 aliphatic rings. The summed E-state index contributed by atoms with van der Waals surface area (Å²) >= 11 is 2.21. The number of benzene rings is 2. The summed E-state index contributed by atoms with van der Waals surface area (Å²) in [6, 6.07) is 19.6. The van der Waals surface area contributed by atoms with Gasteiger partial charge in [0.2, 0.25) is 0 Å². The number of ether oxygens (including phenoxy) is 2. The van der Waals surface area contributed by atoms with Crippen LogP contribution in [0.1, 0.15) is 42.7 Å². The molecule has 0 aliphatic carbocycles. The number of pyridine rings is 1. The van der Waals surface area contributed by atoms with Crippen molar-refractivity contribution in [2.24, 2.45) is 0 Å². The summed E-state index contributed by atoms with van der Waals surface area (Å²) in [5.74, 6) is 1.60. The minimum atomic E-state index is -0.766. The molecule has 7 heteroatoms. The van der Waals surface area contributed by atoms with Gasteiger partial charge in [-0.15, -0.1) is 0 Å². The molecule has 0 radical (unpaired) electrons. The van der Waals surface area contributed by atoms with Crippen molar-refractivity contribution in [3.63, 3.8) is 0 Å². The third-order valence-electron chi connectivity index (χ3n) is 6.82. The van der Waals surface area contributed by atoms with Crippen LogP contribution in [0.25, 0.3) is 0 Å². The number of unbranched alkanes of at least 4 members (excludes halogenated alkanes) is 1. The van der Waals surface area contributed by atoms with E-state index in [9.17, 15) is 5.11 Å². The van der Waals surface area contributed by atoms with Gasteiger partial charge in [0.15, 0.2) is 0 Å². The van der Waals surface area contributed by atoms with Crippen LogP contribution in [0, 0.1) is 0 Å². The van der Waals surface area contributed by atoms with Gasteiger partial charge in [-0.3, -0.25) is 9.88 Å². The first-order chi connectivity index (χ1) is 18.1. The summed E-state index contributed by atoms with van der Waals surface area (Å²) in [6.45, 7) is 7.00. The summed E-state index contributed by atoms with van der Waals surface area (Å²) in [5.41, 5.74) is 3.68. The fourth-order valence-corrected chi connectivity index (χ4v) is 4.69. The van der Waals surface area contributed by atoms with Crippen molar-refractivity contribution in [1.82, 2.24) is 9.88 Å². The Morgan fingerprint density at radius 1 is 0.892 bits per heavy atom. The van der Waals surface area contributed by atoms with Gasteiger partial charge in [-0.05, 0) is 24.3 Å². The fraction of sp³-hybridized carbons (Fsp3) is 0.433. The number of nitrogens with zero attached hydrogens (tertiary/aromatic N) is 3. The number of hydrogen-bond donors (Lipinski definition) is 1. The van der Waals surface area contributed by atoms with Crippen molar-refractivity contribution in [3.8, 4) is 11.5 Å². The van der Waals surface area contributed by atoms with Crippen LogP contribution in [-0.4, -0.2) is 79.6 Å². The maximum atomic E-state index is 11.1. The first-order valence-electron chi connectivity index (χ1n) is 13.5. The Kier molecular flexibility index (Phi) is 12.3. The molecule has 0 spiro atoms. The van der Waals surface area contributed by atoms with E-state index in [-0.39, 0.29) is 0 Å². The van der Waals surface area contributed by atoms with Gasteiger partial charge in [-0.2, -0.15) is 0 Å². The number of para-hydroxylation sites is 3. The average molecular weight is 498 g/mol. The molecular weight excluding hydrogens is 457 g/mol. The molecule has 0 amide bonds. The molecule has 0 bridgehead atoms. The summed E-state index contributed by atoms with van der Waals surface area (Å²) in [4.78, 5) is 9.44. The Balaban J connectivity index is 0.000000695. The predicted molar refractivity (Wildman–Crippen MR) is 152 cm³/mol. The van der Waals surface area contributed by atoms with E-state index in [0.29, 0.717) is 5.75 Å². The molecule has 1 unspecified atom stereocenters. The second-order valence-corrected chi connectivity index (χ2v) is 9.29. The number of piperazine rings is 1. The predicted octanol–water partition coefficient (Wildman–Crippen LogP) is 4.92. The first kappa shape index (κ1) is 29.1. The second-order valence-electron chi connectivity index (χ2n) is 9.29. The van der Waals surface area contributed by atoms with E-state index in [2.05, 4.69) is 51.6 Å². The number of aromatic nitrogens is 1. The molecule has 1 aromatic heterocycles. The Labute approximate surface area is 231 Å². The average Bonchev–Trinajstić information content (AvgIpc) is 2.97.